The molecule has 0 aliphatic carbocycles. The van der Waals surface area contributed by atoms with Gasteiger partial charge >= 0.3 is 6.03 Å². The van der Waals surface area contributed by atoms with Crippen molar-refractivity contribution in [2.75, 3.05) is 19.6 Å². The average molecular weight is 354 g/mol. The van der Waals surface area contributed by atoms with E-state index in [1.165, 1.54) is 17.0 Å². The van der Waals surface area contributed by atoms with Gasteiger partial charge in [0.05, 0.1) is 10.6 Å². The number of nitrogens with one attached hydrogen (secondary N) is 1. The Hall–Kier alpha value is -2.15. The first-order valence-electron chi connectivity index (χ1n) is 7.76. The number of imide groups is 1. The Labute approximate surface area is 143 Å². The summed E-state index contributed by atoms with van der Waals surface area (Å²) in [6, 6.07) is 3.25. The Morgan fingerprint density at radius 2 is 2.00 bits per heavy atom. The van der Waals surface area contributed by atoms with Gasteiger partial charge in [0.2, 0.25) is 0 Å². The van der Waals surface area contributed by atoms with Crippen molar-refractivity contribution in [1.29, 1.82) is 0 Å². The molecule has 0 bridgehead atoms. The molecule has 3 rings (SSSR count). The summed E-state index contributed by atoms with van der Waals surface area (Å²) in [6.07, 6.45) is 0.692. The highest BCUT2D eigenvalue weighted by Crippen LogP contribution is 2.30. The SMILES string of the molecule is CCN1C(=O)NC2(CCN(C(=O)c3ccc(F)cc3Cl)CC2)C1=O. The minimum atomic E-state index is -0.920. The molecule has 0 atom stereocenters. The number of nitrogens with zero attached hydrogens (tertiary/aromatic N) is 2. The predicted octanol–water partition coefficient (Wildman–Crippen LogP) is 2.03. The van der Waals surface area contributed by atoms with Crippen LogP contribution in [0.15, 0.2) is 18.2 Å². The van der Waals surface area contributed by atoms with Gasteiger partial charge in [-0.05, 0) is 38.0 Å². The van der Waals surface area contributed by atoms with Gasteiger partial charge in [0.15, 0.2) is 0 Å². The summed E-state index contributed by atoms with van der Waals surface area (Å²) >= 11 is 5.94. The quantitative estimate of drug-likeness (QED) is 0.827. The highest BCUT2D eigenvalue weighted by atomic mass is 35.5. The van der Waals surface area contributed by atoms with Gasteiger partial charge in [-0.25, -0.2) is 9.18 Å². The van der Waals surface area contributed by atoms with Crippen LogP contribution in [-0.2, 0) is 4.79 Å². The molecule has 2 fully saturated rings. The topological polar surface area (TPSA) is 69.7 Å². The molecule has 2 saturated heterocycles. The Morgan fingerprint density at radius 3 is 2.54 bits per heavy atom. The lowest BCUT2D eigenvalue weighted by Gasteiger charge is -2.37. The van der Waals surface area contributed by atoms with Crippen LogP contribution < -0.4 is 5.32 Å². The highest BCUT2D eigenvalue weighted by molar-refractivity contribution is 6.33. The predicted molar refractivity (Wildman–Crippen MR) is 85.2 cm³/mol. The van der Waals surface area contributed by atoms with Crippen molar-refractivity contribution in [2.24, 2.45) is 0 Å². The second-order valence-electron chi connectivity index (χ2n) is 5.98. The van der Waals surface area contributed by atoms with E-state index < -0.39 is 11.4 Å². The Bertz CT molecular complexity index is 717. The third kappa shape index (κ3) is 2.62. The Kier molecular flexibility index (Phi) is 4.21. The van der Waals surface area contributed by atoms with Crippen LogP contribution >= 0.6 is 11.6 Å². The van der Waals surface area contributed by atoms with E-state index in [2.05, 4.69) is 5.32 Å². The number of hydrogen-bond donors (Lipinski definition) is 1. The molecule has 2 aliphatic rings. The van der Waals surface area contributed by atoms with Gasteiger partial charge in [0.1, 0.15) is 11.4 Å². The lowest BCUT2D eigenvalue weighted by molar-refractivity contribution is -0.132. The maximum Gasteiger partial charge on any atom is 0.325 e. The molecule has 1 N–H and O–H groups in total. The number of benzene rings is 1. The van der Waals surface area contributed by atoms with E-state index in [4.69, 9.17) is 11.6 Å². The van der Waals surface area contributed by atoms with Gasteiger partial charge in [-0.3, -0.25) is 14.5 Å². The van der Waals surface area contributed by atoms with Crippen LogP contribution in [0.5, 0.6) is 0 Å². The van der Waals surface area contributed by atoms with Crippen LogP contribution in [-0.4, -0.2) is 52.8 Å². The average Bonchev–Trinajstić information content (AvgIpc) is 2.77. The van der Waals surface area contributed by atoms with Gasteiger partial charge < -0.3 is 10.2 Å². The van der Waals surface area contributed by atoms with Crippen molar-refractivity contribution in [3.05, 3.63) is 34.6 Å². The first-order valence-corrected chi connectivity index (χ1v) is 8.14. The lowest BCUT2D eigenvalue weighted by Crippen LogP contribution is -2.55. The number of amides is 4. The summed E-state index contributed by atoms with van der Waals surface area (Å²) in [6.45, 7) is 2.69. The summed E-state index contributed by atoms with van der Waals surface area (Å²) < 4.78 is 13.1. The minimum absolute atomic E-state index is 0.0580. The smallest absolute Gasteiger partial charge is 0.325 e. The molecular formula is C16H17ClFN3O3. The number of urea groups is 1. The third-order valence-corrected chi connectivity index (χ3v) is 4.94. The number of hydrogen-bond acceptors (Lipinski definition) is 3. The monoisotopic (exact) mass is 353 g/mol. The molecule has 1 aromatic carbocycles. The molecule has 0 unspecified atom stereocenters. The van der Waals surface area contributed by atoms with Crippen LogP contribution in [0, 0.1) is 5.82 Å². The number of carbonyl (C=O) groups is 3. The molecule has 128 valence electrons. The maximum absolute atomic E-state index is 13.1. The lowest BCUT2D eigenvalue weighted by atomic mass is 9.87. The third-order valence-electron chi connectivity index (χ3n) is 4.63. The molecule has 2 heterocycles. The van der Waals surface area contributed by atoms with Crippen LogP contribution in [0.1, 0.15) is 30.1 Å². The molecule has 0 radical (unpaired) electrons. The second-order valence-corrected chi connectivity index (χ2v) is 6.39. The van der Waals surface area contributed by atoms with E-state index in [1.807, 2.05) is 0 Å². The van der Waals surface area contributed by atoms with E-state index >= 15 is 0 Å². The summed E-state index contributed by atoms with van der Waals surface area (Å²) in [4.78, 5) is 39.6. The Morgan fingerprint density at radius 1 is 1.33 bits per heavy atom. The van der Waals surface area contributed by atoms with Crippen molar-refractivity contribution in [2.45, 2.75) is 25.3 Å². The molecule has 0 aromatic heterocycles. The minimum Gasteiger partial charge on any atom is -0.338 e. The fourth-order valence-corrected chi connectivity index (χ4v) is 3.48. The Balaban J connectivity index is 1.72. The zero-order valence-electron chi connectivity index (χ0n) is 13.1. The van der Waals surface area contributed by atoms with E-state index in [0.717, 1.165) is 6.07 Å². The molecule has 4 amide bonds. The number of piperidine rings is 1. The van der Waals surface area contributed by atoms with Crippen LogP contribution in [0.2, 0.25) is 5.02 Å². The van der Waals surface area contributed by atoms with E-state index in [0.29, 0.717) is 32.5 Å². The zero-order chi connectivity index (χ0) is 17.5. The molecule has 1 spiro atoms. The second kappa shape index (κ2) is 6.05. The summed E-state index contributed by atoms with van der Waals surface area (Å²) in [7, 11) is 0. The van der Waals surface area contributed by atoms with Gasteiger partial charge in [-0.2, -0.15) is 0 Å². The largest absolute Gasteiger partial charge is 0.338 e. The highest BCUT2D eigenvalue weighted by Gasteiger charge is 2.52. The van der Waals surface area contributed by atoms with E-state index in [9.17, 15) is 18.8 Å². The molecule has 0 saturated carbocycles. The van der Waals surface area contributed by atoms with E-state index in [1.54, 1.807) is 11.8 Å². The molecule has 1 aromatic rings. The summed E-state index contributed by atoms with van der Waals surface area (Å²) in [5.41, 5.74) is -0.692. The molecule has 2 aliphatic heterocycles. The van der Waals surface area contributed by atoms with Crippen molar-refractivity contribution in [3.63, 3.8) is 0 Å². The van der Waals surface area contributed by atoms with E-state index in [-0.39, 0.29) is 28.4 Å². The van der Waals surface area contributed by atoms with Crippen LogP contribution in [0.25, 0.3) is 0 Å². The van der Waals surface area contributed by atoms with Gasteiger partial charge in [-0.15, -0.1) is 0 Å². The fourth-order valence-electron chi connectivity index (χ4n) is 3.23. The zero-order valence-corrected chi connectivity index (χ0v) is 13.9. The van der Waals surface area contributed by atoms with Crippen molar-refractivity contribution < 1.29 is 18.8 Å². The van der Waals surface area contributed by atoms with Crippen molar-refractivity contribution in [3.8, 4) is 0 Å². The maximum atomic E-state index is 13.1. The first-order chi connectivity index (χ1) is 11.4. The number of likely N-dealkylation sites (N-methyl/N-ethyl adjacent to an activating group) is 1. The van der Waals surface area contributed by atoms with Gasteiger partial charge in [0, 0.05) is 19.6 Å². The number of halogens is 2. The molecule has 8 heteroatoms. The van der Waals surface area contributed by atoms with Gasteiger partial charge in [0.25, 0.3) is 11.8 Å². The normalized spacial score (nSPS) is 19.8. The summed E-state index contributed by atoms with van der Waals surface area (Å²) in [5.74, 6) is -1.05. The standard InChI is InChI=1S/C16H17ClFN3O3/c1-2-21-14(23)16(19-15(21)24)5-7-20(8-6-16)13(22)11-4-3-10(18)9-12(11)17/h3-4,9H,2,5-8H2,1H3,(H,19,24). The molecular weight excluding hydrogens is 337 g/mol. The first kappa shape index (κ1) is 16.7. The van der Waals surface area contributed by atoms with Crippen molar-refractivity contribution in [1.82, 2.24) is 15.1 Å². The number of likely N-dealkylation sites (tertiary alicyclic amines) is 1. The number of carbonyl (C=O) groups excluding carboxylic acids is 3. The molecule has 6 nitrogen and oxygen atoms in total. The van der Waals surface area contributed by atoms with Gasteiger partial charge in [-0.1, -0.05) is 11.6 Å². The molecule has 24 heavy (non-hydrogen) atoms. The van der Waals surface area contributed by atoms with Crippen LogP contribution in [0.4, 0.5) is 9.18 Å². The summed E-state index contributed by atoms with van der Waals surface area (Å²) in [5, 5.41) is 2.82. The fraction of sp³-hybridized carbons (Fsp3) is 0.438. The van der Waals surface area contributed by atoms with Crippen molar-refractivity contribution >= 4 is 29.4 Å². The van der Waals surface area contributed by atoms with Crippen LogP contribution in [0.3, 0.4) is 0 Å². The number of rotatable bonds is 2.